The van der Waals surface area contributed by atoms with Crippen LogP contribution >= 0.6 is 0 Å². The summed E-state index contributed by atoms with van der Waals surface area (Å²) in [6, 6.07) is 12.2. The van der Waals surface area contributed by atoms with Gasteiger partial charge in [-0.2, -0.15) is 5.10 Å². The number of aromatic nitrogens is 3. The van der Waals surface area contributed by atoms with Crippen molar-refractivity contribution in [3.63, 3.8) is 0 Å². The number of pyridine rings is 1. The predicted octanol–water partition coefficient (Wildman–Crippen LogP) is 5.02. The van der Waals surface area contributed by atoms with Gasteiger partial charge in [0, 0.05) is 17.9 Å². The number of hydrogen-bond acceptors (Lipinski definition) is 3. The fourth-order valence-electron chi connectivity index (χ4n) is 3.88. The van der Waals surface area contributed by atoms with Crippen molar-refractivity contribution in [1.82, 2.24) is 20.1 Å². The number of likely N-dealkylation sites (tertiary alicyclic amines) is 1. The fourth-order valence-corrected chi connectivity index (χ4v) is 3.88. The first-order chi connectivity index (χ1) is 13.9. The van der Waals surface area contributed by atoms with E-state index in [1.807, 2.05) is 30.0 Å². The third kappa shape index (κ3) is 3.92. The number of benzene rings is 1. The molecule has 1 unspecified atom stereocenters. The summed E-state index contributed by atoms with van der Waals surface area (Å²) in [4.78, 5) is 19.7. The van der Waals surface area contributed by atoms with Crippen molar-refractivity contribution in [2.75, 3.05) is 6.54 Å². The molecule has 3 heterocycles. The SMILES string of the molecule is Cc1cc(-c2ccc(F)cc2)cc(C2CCCN2C(=O)c2cc(C(C)C)[nH]n2)n1. The number of amides is 1. The summed E-state index contributed by atoms with van der Waals surface area (Å²) in [5, 5.41) is 7.19. The van der Waals surface area contributed by atoms with Gasteiger partial charge in [-0.1, -0.05) is 26.0 Å². The molecule has 1 N–H and O–H groups in total. The Balaban J connectivity index is 1.64. The monoisotopic (exact) mass is 392 g/mol. The van der Waals surface area contributed by atoms with E-state index < -0.39 is 0 Å². The molecule has 2 aromatic heterocycles. The highest BCUT2D eigenvalue weighted by atomic mass is 19.1. The maximum Gasteiger partial charge on any atom is 0.274 e. The van der Waals surface area contributed by atoms with Gasteiger partial charge in [-0.3, -0.25) is 14.9 Å². The van der Waals surface area contributed by atoms with Gasteiger partial charge < -0.3 is 4.90 Å². The molecule has 1 aromatic carbocycles. The second-order valence-electron chi connectivity index (χ2n) is 7.95. The smallest absolute Gasteiger partial charge is 0.274 e. The molecule has 0 bridgehead atoms. The predicted molar refractivity (Wildman–Crippen MR) is 110 cm³/mol. The molecule has 1 aliphatic heterocycles. The lowest BCUT2D eigenvalue weighted by Crippen LogP contribution is -2.31. The number of hydrogen-bond donors (Lipinski definition) is 1. The van der Waals surface area contributed by atoms with Crippen LogP contribution in [0, 0.1) is 12.7 Å². The second kappa shape index (κ2) is 7.78. The molecule has 150 valence electrons. The number of rotatable bonds is 4. The van der Waals surface area contributed by atoms with E-state index >= 15 is 0 Å². The molecule has 5 nitrogen and oxygen atoms in total. The Hall–Kier alpha value is -3.02. The van der Waals surface area contributed by atoms with Crippen LogP contribution in [-0.2, 0) is 0 Å². The zero-order valence-electron chi connectivity index (χ0n) is 16.9. The van der Waals surface area contributed by atoms with E-state index in [1.54, 1.807) is 12.1 Å². The number of nitrogens with zero attached hydrogens (tertiary/aromatic N) is 3. The lowest BCUT2D eigenvalue weighted by atomic mass is 10.0. The number of halogens is 1. The highest BCUT2D eigenvalue weighted by Gasteiger charge is 2.33. The molecule has 1 fully saturated rings. The second-order valence-corrected chi connectivity index (χ2v) is 7.95. The molecule has 6 heteroatoms. The van der Waals surface area contributed by atoms with E-state index in [9.17, 15) is 9.18 Å². The van der Waals surface area contributed by atoms with Crippen molar-refractivity contribution in [1.29, 1.82) is 0 Å². The van der Waals surface area contributed by atoms with Crippen LogP contribution in [0.25, 0.3) is 11.1 Å². The molecule has 1 saturated heterocycles. The van der Waals surface area contributed by atoms with Crippen molar-refractivity contribution >= 4 is 5.91 Å². The summed E-state index contributed by atoms with van der Waals surface area (Å²) >= 11 is 0. The highest BCUT2D eigenvalue weighted by Crippen LogP contribution is 2.34. The van der Waals surface area contributed by atoms with Gasteiger partial charge in [-0.25, -0.2) is 4.39 Å². The Morgan fingerprint density at radius 2 is 1.93 bits per heavy atom. The summed E-state index contributed by atoms with van der Waals surface area (Å²) in [5.74, 6) is -0.0375. The van der Waals surface area contributed by atoms with Gasteiger partial charge in [-0.05, 0) is 67.1 Å². The number of aryl methyl sites for hydroxylation is 1. The Morgan fingerprint density at radius 1 is 1.17 bits per heavy atom. The summed E-state index contributed by atoms with van der Waals surface area (Å²) in [7, 11) is 0. The number of carbonyl (C=O) groups excluding carboxylic acids is 1. The molecule has 0 saturated carbocycles. The quantitative estimate of drug-likeness (QED) is 0.678. The number of aromatic amines is 1. The van der Waals surface area contributed by atoms with E-state index in [0.29, 0.717) is 12.2 Å². The van der Waals surface area contributed by atoms with Gasteiger partial charge in [0.1, 0.15) is 11.5 Å². The van der Waals surface area contributed by atoms with Crippen LogP contribution in [-0.4, -0.2) is 32.5 Å². The first-order valence-corrected chi connectivity index (χ1v) is 10.0. The average Bonchev–Trinajstić information content (AvgIpc) is 3.37. The minimum Gasteiger partial charge on any atom is -0.329 e. The molecule has 1 atom stereocenters. The molecule has 29 heavy (non-hydrogen) atoms. The van der Waals surface area contributed by atoms with Crippen LogP contribution in [0.3, 0.4) is 0 Å². The standard InChI is InChI=1S/C23H25FN4O/c1-14(2)19-13-21(27-26-19)23(29)28-10-4-5-22(28)20-12-17(11-15(3)25-20)16-6-8-18(24)9-7-16/h6-9,11-14,22H,4-5,10H2,1-3H3,(H,26,27). The first kappa shape index (κ1) is 19.3. The van der Waals surface area contributed by atoms with Crippen molar-refractivity contribution in [3.8, 4) is 11.1 Å². The van der Waals surface area contributed by atoms with Gasteiger partial charge in [0.2, 0.25) is 0 Å². The Bertz CT molecular complexity index is 1030. The minimum atomic E-state index is -0.257. The molecular weight excluding hydrogens is 367 g/mol. The van der Waals surface area contributed by atoms with Crippen molar-refractivity contribution < 1.29 is 9.18 Å². The molecular formula is C23H25FN4O. The van der Waals surface area contributed by atoms with Crippen molar-refractivity contribution in [2.45, 2.75) is 45.6 Å². The Labute approximate surface area is 170 Å². The lowest BCUT2D eigenvalue weighted by molar-refractivity contribution is 0.0727. The van der Waals surface area contributed by atoms with E-state index in [2.05, 4.69) is 24.0 Å². The van der Waals surface area contributed by atoms with Crippen LogP contribution in [0.5, 0.6) is 0 Å². The summed E-state index contributed by atoms with van der Waals surface area (Å²) in [5.41, 5.74) is 5.07. The average molecular weight is 392 g/mol. The number of nitrogens with one attached hydrogen (secondary N) is 1. The summed E-state index contributed by atoms with van der Waals surface area (Å²) in [6.45, 7) is 6.76. The molecule has 0 aliphatic carbocycles. The van der Waals surface area contributed by atoms with E-state index in [0.717, 1.165) is 41.1 Å². The molecule has 0 spiro atoms. The molecule has 3 aromatic rings. The van der Waals surface area contributed by atoms with Crippen molar-refractivity contribution in [2.24, 2.45) is 0 Å². The largest absolute Gasteiger partial charge is 0.329 e. The van der Waals surface area contributed by atoms with Gasteiger partial charge in [0.25, 0.3) is 5.91 Å². The molecule has 1 amide bonds. The van der Waals surface area contributed by atoms with Crippen LogP contribution in [0.15, 0.2) is 42.5 Å². The highest BCUT2D eigenvalue weighted by molar-refractivity contribution is 5.93. The van der Waals surface area contributed by atoms with E-state index in [1.165, 1.54) is 12.1 Å². The summed E-state index contributed by atoms with van der Waals surface area (Å²) < 4.78 is 13.3. The van der Waals surface area contributed by atoms with Crippen LogP contribution < -0.4 is 0 Å². The maximum absolute atomic E-state index is 13.3. The lowest BCUT2D eigenvalue weighted by Gasteiger charge is -2.24. The van der Waals surface area contributed by atoms with Crippen LogP contribution in [0.1, 0.15) is 66.2 Å². The van der Waals surface area contributed by atoms with Gasteiger partial charge in [-0.15, -0.1) is 0 Å². The van der Waals surface area contributed by atoms with Gasteiger partial charge >= 0.3 is 0 Å². The Morgan fingerprint density at radius 3 is 2.62 bits per heavy atom. The van der Waals surface area contributed by atoms with E-state index in [-0.39, 0.29) is 23.7 Å². The van der Waals surface area contributed by atoms with Gasteiger partial charge in [0.15, 0.2) is 0 Å². The molecule has 4 rings (SSSR count). The number of H-pyrrole nitrogens is 1. The van der Waals surface area contributed by atoms with Gasteiger partial charge in [0.05, 0.1) is 11.7 Å². The number of carbonyl (C=O) groups is 1. The third-order valence-electron chi connectivity index (χ3n) is 5.44. The zero-order chi connectivity index (χ0) is 20.5. The minimum absolute atomic E-state index is 0.0673. The normalized spacial score (nSPS) is 16.6. The third-order valence-corrected chi connectivity index (χ3v) is 5.44. The van der Waals surface area contributed by atoms with Crippen LogP contribution in [0.4, 0.5) is 4.39 Å². The molecule has 0 radical (unpaired) electrons. The van der Waals surface area contributed by atoms with Crippen LogP contribution in [0.2, 0.25) is 0 Å². The summed E-state index contributed by atoms with van der Waals surface area (Å²) in [6.07, 6.45) is 1.80. The topological polar surface area (TPSA) is 61.9 Å². The Kier molecular flexibility index (Phi) is 5.18. The molecule has 1 aliphatic rings. The fraction of sp³-hybridized carbons (Fsp3) is 0.348. The van der Waals surface area contributed by atoms with Crippen molar-refractivity contribution in [3.05, 3.63) is 71.1 Å². The zero-order valence-corrected chi connectivity index (χ0v) is 16.9. The first-order valence-electron chi connectivity index (χ1n) is 10.0. The van der Waals surface area contributed by atoms with E-state index in [4.69, 9.17) is 4.98 Å². The maximum atomic E-state index is 13.3.